The van der Waals surface area contributed by atoms with Gasteiger partial charge in [-0.2, -0.15) is 0 Å². The van der Waals surface area contributed by atoms with Gasteiger partial charge in [-0.25, -0.2) is 4.98 Å². The first-order valence-corrected chi connectivity index (χ1v) is 5.92. The third-order valence-electron chi connectivity index (χ3n) is 3.06. The van der Waals surface area contributed by atoms with Crippen molar-refractivity contribution in [3.8, 4) is 11.4 Å². The third-order valence-corrected chi connectivity index (χ3v) is 3.06. The van der Waals surface area contributed by atoms with E-state index in [1.165, 1.54) is 0 Å². The van der Waals surface area contributed by atoms with Crippen molar-refractivity contribution in [2.24, 2.45) is 5.18 Å². The molecule has 20 heavy (non-hydrogen) atoms. The number of hydrogen-bond donors (Lipinski definition) is 2. The second kappa shape index (κ2) is 4.58. The summed E-state index contributed by atoms with van der Waals surface area (Å²) in [6, 6.07) is 13.4. The molecule has 0 atom stereocenters. The van der Waals surface area contributed by atoms with Gasteiger partial charge in [-0.15, -0.1) is 4.91 Å². The molecule has 0 radical (unpaired) electrons. The number of nitrogen functional groups attached to an aromatic ring is 1. The fourth-order valence-electron chi connectivity index (χ4n) is 2.13. The first-order chi connectivity index (χ1) is 9.70. The number of fused-ring (bicyclic) bond motifs is 1. The Morgan fingerprint density at radius 2 is 1.85 bits per heavy atom. The molecule has 0 aliphatic carbocycles. The number of aromatic nitrogens is 2. The Balaban J connectivity index is 2.32. The molecule has 6 nitrogen and oxygen atoms in total. The second-order valence-electron chi connectivity index (χ2n) is 4.27. The number of rotatable bonds is 2. The van der Waals surface area contributed by atoms with Crippen molar-refractivity contribution in [3.63, 3.8) is 0 Å². The van der Waals surface area contributed by atoms with Crippen LogP contribution < -0.4 is 11.3 Å². The molecular weight excluding hydrogens is 256 g/mol. The molecule has 0 fully saturated rings. The maximum atomic E-state index is 11.7. The standard InChI is InChI=1S/C14H10N4O2/c15-12-11(18-20)14(19)17-13(16-12)10-7-3-5-8-4-1-2-6-9(8)10/h1-7H,(H3,15,16,17,19). The molecule has 0 bridgehead atoms. The van der Waals surface area contributed by atoms with Crippen LogP contribution >= 0.6 is 0 Å². The van der Waals surface area contributed by atoms with Gasteiger partial charge in [0.2, 0.25) is 5.69 Å². The molecule has 98 valence electrons. The van der Waals surface area contributed by atoms with Gasteiger partial charge in [0.25, 0.3) is 5.56 Å². The first kappa shape index (κ1) is 12.0. The van der Waals surface area contributed by atoms with Gasteiger partial charge in [-0.05, 0) is 15.9 Å². The van der Waals surface area contributed by atoms with Gasteiger partial charge in [-0.1, -0.05) is 42.5 Å². The molecule has 0 spiro atoms. The van der Waals surface area contributed by atoms with E-state index in [0.717, 1.165) is 16.3 Å². The van der Waals surface area contributed by atoms with E-state index in [4.69, 9.17) is 5.73 Å². The van der Waals surface area contributed by atoms with Crippen LogP contribution in [-0.2, 0) is 0 Å². The lowest BCUT2D eigenvalue weighted by Crippen LogP contribution is -2.11. The highest BCUT2D eigenvalue weighted by molar-refractivity contribution is 5.95. The lowest BCUT2D eigenvalue weighted by atomic mass is 10.0. The van der Waals surface area contributed by atoms with Crippen molar-refractivity contribution >= 4 is 22.3 Å². The van der Waals surface area contributed by atoms with Crippen LogP contribution in [0.4, 0.5) is 11.5 Å². The molecule has 3 aromatic rings. The lowest BCUT2D eigenvalue weighted by Gasteiger charge is -2.06. The highest BCUT2D eigenvalue weighted by Crippen LogP contribution is 2.27. The molecule has 1 heterocycles. The zero-order valence-corrected chi connectivity index (χ0v) is 10.3. The summed E-state index contributed by atoms with van der Waals surface area (Å²) in [6.07, 6.45) is 0. The topological polar surface area (TPSA) is 101 Å². The SMILES string of the molecule is Nc1nc(-c2cccc3ccccc23)[nH]c(=O)c1N=O. The van der Waals surface area contributed by atoms with Crippen LogP contribution in [-0.4, -0.2) is 9.97 Å². The number of benzene rings is 2. The summed E-state index contributed by atoms with van der Waals surface area (Å²) < 4.78 is 0. The third kappa shape index (κ3) is 1.83. The summed E-state index contributed by atoms with van der Waals surface area (Å²) in [6.45, 7) is 0. The molecular formula is C14H10N4O2. The van der Waals surface area contributed by atoms with Gasteiger partial charge in [0.15, 0.2) is 5.82 Å². The van der Waals surface area contributed by atoms with Crippen molar-refractivity contribution in [1.82, 2.24) is 9.97 Å². The van der Waals surface area contributed by atoms with Crippen molar-refractivity contribution in [1.29, 1.82) is 0 Å². The number of anilines is 1. The van der Waals surface area contributed by atoms with Crippen LogP contribution in [0.3, 0.4) is 0 Å². The number of aromatic amines is 1. The molecule has 6 heteroatoms. The van der Waals surface area contributed by atoms with E-state index in [1.54, 1.807) is 0 Å². The van der Waals surface area contributed by atoms with Gasteiger partial charge in [-0.3, -0.25) is 4.79 Å². The first-order valence-electron chi connectivity index (χ1n) is 5.92. The van der Waals surface area contributed by atoms with Crippen LogP contribution in [0.1, 0.15) is 0 Å². The molecule has 0 unspecified atom stereocenters. The average molecular weight is 266 g/mol. The fourth-order valence-corrected chi connectivity index (χ4v) is 2.13. The van der Waals surface area contributed by atoms with Crippen LogP contribution in [0.5, 0.6) is 0 Å². The smallest absolute Gasteiger partial charge is 0.282 e. The lowest BCUT2D eigenvalue weighted by molar-refractivity contribution is 1.13. The fraction of sp³-hybridized carbons (Fsp3) is 0. The molecule has 0 aliphatic heterocycles. The number of H-pyrrole nitrogens is 1. The highest BCUT2D eigenvalue weighted by Gasteiger charge is 2.12. The molecule has 1 aromatic heterocycles. The normalized spacial score (nSPS) is 10.6. The van der Waals surface area contributed by atoms with Crippen LogP contribution in [0.2, 0.25) is 0 Å². The summed E-state index contributed by atoms with van der Waals surface area (Å²) in [5.41, 5.74) is 5.29. The highest BCUT2D eigenvalue weighted by atomic mass is 16.3. The van der Waals surface area contributed by atoms with Crippen LogP contribution in [0, 0.1) is 4.91 Å². The zero-order chi connectivity index (χ0) is 14.1. The van der Waals surface area contributed by atoms with Crippen molar-refractivity contribution in [3.05, 3.63) is 57.7 Å². The Morgan fingerprint density at radius 1 is 1.10 bits per heavy atom. The number of nitrogens with one attached hydrogen (secondary N) is 1. The summed E-state index contributed by atoms with van der Waals surface area (Å²) in [5.74, 6) is 0.142. The number of nitrogens with two attached hydrogens (primary N) is 1. The minimum atomic E-state index is -0.643. The Hall–Kier alpha value is -3.02. The minimum Gasteiger partial charge on any atom is -0.382 e. The number of nitrogens with zero attached hydrogens (tertiary/aromatic N) is 2. The average Bonchev–Trinajstić information content (AvgIpc) is 2.46. The Kier molecular flexibility index (Phi) is 2.76. The van der Waals surface area contributed by atoms with Crippen molar-refractivity contribution in [2.75, 3.05) is 5.73 Å². The Morgan fingerprint density at radius 3 is 2.60 bits per heavy atom. The van der Waals surface area contributed by atoms with Gasteiger partial charge in [0.05, 0.1) is 0 Å². The summed E-state index contributed by atoms with van der Waals surface area (Å²) >= 11 is 0. The molecule has 0 saturated carbocycles. The van der Waals surface area contributed by atoms with Gasteiger partial charge in [0, 0.05) is 5.56 Å². The van der Waals surface area contributed by atoms with Gasteiger partial charge in [0.1, 0.15) is 5.82 Å². The summed E-state index contributed by atoms with van der Waals surface area (Å²) in [5, 5.41) is 4.54. The molecule has 0 saturated heterocycles. The molecule has 3 N–H and O–H groups in total. The summed E-state index contributed by atoms with van der Waals surface area (Å²) in [4.78, 5) is 28.8. The van der Waals surface area contributed by atoms with Gasteiger partial charge >= 0.3 is 0 Å². The van der Waals surface area contributed by atoms with E-state index in [1.807, 2.05) is 42.5 Å². The van der Waals surface area contributed by atoms with Crippen molar-refractivity contribution < 1.29 is 0 Å². The summed E-state index contributed by atoms with van der Waals surface area (Å²) in [7, 11) is 0. The second-order valence-corrected chi connectivity index (χ2v) is 4.27. The predicted octanol–water partition coefficient (Wildman–Crippen LogP) is 2.57. The minimum absolute atomic E-state index is 0.174. The molecule has 3 rings (SSSR count). The van der Waals surface area contributed by atoms with E-state index >= 15 is 0 Å². The van der Waals surface area contributed by atoms with E-state index in [-0.39, 0.29) is 5.82 Å². The van der Waals surface area contributed by atoms with Gasteiger partial charge < -0.3 is 10.7 Å². The monoisotopic (exact) mass is 266 g/mol. The number of nitroso groups, excluding NO2 is 1. The Bertz CT molecular complexity index is 865. The van der Waals surface area contributed by atoms with E-state index in [0.29, 0.717) is 5.82 Å². The van der Waals surface area contributed by atoms with Crippen molar-refractivity contribution in [2.45, 2.75) is 0 Å². The maximum absolute atomic E-state index is 11.7. The predicted molar refractivity (Wildman–Crippen MR) is 77.7 cm³/mol. The van der Waals surface area contributed by atoms with Crippen LogP contribution in [0.25, 0.3) is 22.2 Å². The molecule has 0 amide bonds. The quantitative estimate of drug-likeness (QED) is 0.696. The Labute approximate surface area is 113 Å². The van der Waals surface area contributed by atoms with Crippen LogP contribution in [0.15, 0.2) is 52.4 Å². The maximum Gasteiger partial charge on any atom is 0.282 e. The van der Waals surface area contributed by atoms with E-state index in [9.17, 15) is 9.70 Å². The largest absolute Gasteiger partial charge is 0.382 e. The zero-order valence-electron chi connectivity index (χ0n) is 10.3. The van der Waals surface area contributed by atoms with E-state index < -0.39 is 11.2 Å². The molecule has 0 aliphatic rings. The molecule has 2 aromatic carbocycles. The van der Waals surface area contributed by atoms with E-state index in [2.05, 4.69) is 15.1 Å². The number of hydrogen-bond acceptors (Lipinski definition) is 5.